The highest BCUT2D eigenvalue weighted by molar-refractivity contribution is 7.98. The van der Waals surface area contributed by atoms with Crippen molar-refractivity contribution < 1.29 is 9.53 Å². The highest BCUT2D eigenvalue weighted by atomic mass is 32.2. The lowest BCUT2D eigenvalue weighted by atomic mass is 10.2. The molecule has 9 heteroatoms. The SMILES string of the molecule is CCCNc1nc(SC)nc2c1cnn2CCNC(=O)c1ccc(OC)cc1. The minimum absolute atomic E-state index is 0.135. The van der Waals surface area contributed by atoms with Crippen molar-refractivity contribution in [1.29, 1.82) is 0 Å². The standard InChI is InChI=1S/C19H24N6O2S/c1-4-9-20-16-15-12-22-25(17(15)24-19(23-16)28-3)11-10-21-18(26)13-5-7-14(27-2)8-6-13/h5-8,12H,4,9-11H2,1-3H3,(H,21,26)(H,20,23,24). The minimum Gasteiger partial charge on any atom is -0.497 e. The molecule has 1 aromatic carbocycles. The van der Waals surface area contributed by atoms with Crippen LogP contribution in [-0.4, -0.2) is 52.1 Å². The Kier molecular flexibility index (Phi) is 6.70. The van der Waals surface area contributed by atoms with Crippen molar-refractivity contribution in [1.82, 2.24) is 25.1 Å². The Morgan fingerprint density at radius 1 is 1.21 bits per heavy atom. The van der Waals surface area contributed by atoms with Crippen LogP contribution in [0.4, 0.5) is 5.82 Å². The van der Waals surface area contributed by atoms with E-state index in [0.717, 1.165) is 35.6 Å². The van der Waals surface area contributed by atoms with Gasteiger partial charge >= 0.3 is 0 Å². The van der Waals surface area contributed by atoms with Crippen molar-refractivity contribution in [3.05, 3.63) is 36.0 Å². The molecule has 0 bridgehead atoms. The van der Waals surface area contributed by atoms with E-state index in [4.69, 9.17) is 4.74 Å². The lowest BCUT2D eigenvalue weighted by Crippen LogP contribution is -2.27. The number of amides is 1. The smallest absolute Gasteiger partial charge is 0.251 e. The monoisotopic (exact) mass is 400 g/mol. The molecule has 2 N–H and O–H groups in total. The number of ether oxygens (including phenoxy) is 1. The summed E-state index contributed by atoms with van der Waals surface area (Å²) in [6.07, 6.45) is 4.72. The van der Waals surface area contributed by atoms with Crippen LogP contribution < -0.4 is 15.4 Å². The van der Waals surface area contributed by atoms with Crippen molar-refractivity contribution in [3.63, 3.8) is 0 Å². The summed E-state index contributed by atoms with van der Waals surface area (Å²) >= 11 is 1.49. The number of hydrogen-bond acceptors (Lipinski definition) is 7. The van der Waals surface area contributed by atoms with Gasteiger partial charge in [-0.2, -0.15) is 5.10 Å². The number of benzene rings is 1. The van der Waals surface area contributed by atoms with Crippen LogP contribution in [0.2, 0.25) is 0 Å². The fourth-order valence-corrected chi connectivity index (χ4v) is 3.05. The molecule has 3 aromatic rings. The largest absolute Gasteiger partial charge is 0.497 e. The van der Waals surface area contributed by atoms with E-state index in [1.165, 1.54) is 11.8 Å². The van der Waals surface area contributed by atoms with Gasteiger partial charge in [-0.3, -0.25) is 4.79 Å². The maximum atomic E-state index is 12.3. The van der Waals surface area contributed by atoms with Crippen molar-refractivity contribution in [2.45, 2.75) is 25.0 Å². The fourth-order valence-electron chi connectivity index (χ4n) is 2.69. The molecule has 3 rings (SSSR count). The van der Waals surface area contributed by atoms with Crippen molar-refractivity contribution >= 4 is 34.5 Å². The van der Waals surface area contributed by atoms with Gasteiger partial charge in [-0.1, -0.05) is 18.7 Å². The molecule has 2 aromatic heterocycles. The fraction of sp³-hybridized carbons (Fsp3) is 0.368. The van der Waals surface area contributed by atoms with E-state index >= 15 is 0 Å². The molecule has 8 nitrogen and oxygen atoms in total. The third-order valence-corrected chi connectivity index (χ3v) is 4.71. The second kappa shape index (κ2) is 9.41. The normalized spacial score (nSPS) is 10.8. The summed E-state index contributed by atoms with van der Waals surface area (Å²) in [5, 5.41) is 12.2. The lowest BCUT2D eigenvalue weighted by molar-refractivity contribution is 0.0952. The molecular formula is C19H24N6O2S. The van der Waals surface area contributed by atoms with Gasteiger partial charge in [0.1, 0.15) is 11.6 Å². The second-order valence-electron chi connectivity index (χ2n) is 6.08. The molecule has 0 saturated heterocycles. The highest BCUT2D eigenvalue weighted by Crippen LogP contribution is 2.23. The molecule has 0 fully saturated rings. The number of hydrogen-bond donors (Lipinski definition) is 2. The number of anilines is 1. The maximum Gasteiger partial charge on any atom is 0.251 e. The number of thioether (sulfide) groups is 1. The Hall–Kier alpha value is -2.81. The van der Waals surface area contributed by atoms with Gasteiger partial charge in [0.25, 0.3) is 5.91 Å². The van der Waals surface area contributed by atoms with Crippen LogP contribution >= 0.6 is 11.8 Å². The van der Waals surface area contributed by atoms with Gasteiger partial charge in [0.05, 0.1) is 25.2 Å². The average molecular weight is 401 g/mol. The number of rotatable bonds is 9. The van der Waals surface area contributed by atoms with Crippen LogP contribution in [0.1, 0.15) is 23.7 Å². The maximum absolute atomic E-state index is 12.3. The molecule has 2 heterocycles. The zero-order valence-corrected chi connectivity index (χ0v) is 17.0. The van der Waals surface area contributed by atoms with Crippen LogP contribution in [-0.2, 0) is 6.54 Å². The number of methoxy groups -OCH3 is 1. The second-order valence-corrected chi connectivity index (χ2v) is 6.85. The number of nitrogens with zero attached hydrogens (tertiary/aromatic N) is 4. The third kappa shape index (κ3) is 4.53. The van der Waals surface area contributed by atoms with Gasteiger partial charge in [-0.25, -0.2) is 14.6 Å². The molecular weight excluding hydrogens is 376 g/mol. The molecule has 0 atom stereocenters. The number of aromatic nitrogens is 4. The van der Waals surface area contributed by atoms with Gasteiger partial charge in [0.15, 0.2) is 10.8 Å². The van der Waals surface area contributed by atoms with Crippen molar-refractivity contribution in [2.24, 2.45) is 0 Å². The summed E-state index contributed by atoms with van der Waals surface area (Å²) in [6.45, 7) is 3.90. The Morgan fingerprint density at radius 2 is 2.00 bits per heavy atom. The third-order valence-electron chi connectivity index (χ3n) is 4.16. The minimum atomic E-state index is -0.135. The van der Waals surface area contributed by atoms with Crippen LogP contribution in [0, 0.1) is 0 Å². The Morgan fingerprint density at radius 3 is 2.68 bits per heavy atom. The molecule has 0 radical (unpaired) electrons. The number of fused-ring (bicyclic) bond motifs is 1. The average Bonchev–Trinajstić information content (AvgIpc) is 3.14. The van der Waals surface area contributed by atoms with Crippen molar-refractivity contribution in [2.75, 3.05) is 31.8 Å². The summed E-state index contributed by atoms with van der Waals surface area (Å²) in [4.78, 5) is 21.4. The zero-order chi connectivity index (χ0) is 19.9. The number of carbonyl (C=O) groups excluding carboxylic acids is 1. The number of carbonyl (C=O) groups is 1. The van der Waals surface area contributed by atoms with Gasteiger partial charge < -0.3 is 15.4 Å². The summed E-state index contributed by atoms with van der Waals surface area (Å²) in [7, 11) is 1.60. The van der Waals surface area contributed by atoms with E-state index in [1.54, 1.807) is 42.3 Å². The van der Waals surface area contributed by atoms with E-state index in [0.29, 0.717) is 23.8 Å². The predicted molar refractivity (Wildman–Crippen MR) is 111 cm³/mol. The van der Waals surface area contributed by atoms with Gasteiger partial charge in [0.2, 0.25) is 0 Å². The van der Waals surface area contributed by atoms with Gasteiger partial charge in [-0.15, -0.1) is 0 Å². The first-order chi connectivity index (χ1) is 13.7. The van der Waals surface area contributed by atoms with E-state index in [2.05, 4.69) is 32.6 Å². The molecule has 0 aliphatic rings. The molecule has 28 heavy (non-hydrogen) atoms. The Balaban J connectivity index is 1.69. The van der Waals surface area contributed by atoms with E-state index < -0.39 is 0 Å². The van der Waals surface area contributed by atoms with E-state index in [9.17, 15) is 4.79 Å². The Labute approximate surface area is 168 Å². The summed E-state index contributed by atoms with van der Waals surface area (Å²) in [5.41, 5.74) is 1.35. The van der Waals surface area contributed by atoms with Crippen LogP contribution in [0.25, 0.3) is 11.0 Å². The first-order valence-electron chi connectivity index (χ1n) is 9.10. The number of nitrogens with one attached hydrogen (secondary N) is 2. The zero-order valence-electron chi connectivity index (χ0n) is 16.2. The summed E-state index contributed by atoms with van der Waals surface area (Å²) < 4.78 is 6.90. The quantitative estimate of drug-likeness (QED) is 0.421. The van der Waals surface area contributed by atoms with Crippen LogP contribution in [0.5, 0.6) is 5.75 Å². The molecule has 0 unspecified atom stereocenters. The van der Waals surface area contributed by atoms with E-state index in [-0.39, 0.29) is 5.91 Å². The molecule has 0 saturated carbocycles. The first-order valence-corrected chi connectivity index (χ1v) is 10.3. The van der Waals surface area contributed by atoms with Crippen LogP contribution in [0.15, 0.2) is 35.6 Å². The first kappa shape index (κ1) is 19.9. The Bertz CT molecular complexity index is 941. The van der Waals surface area contributed by atoms with Crippen LogP contribution in [0.3, 0.4) is 0 Å². The van der Waals surface area contributed by atoms with Gasteiger partial charge in [-0.05, 0) is 36.9 Å². The predicted octanol–water partition coefficient (Wildman–Crippen LogP) is 2.81. The van der Waals surface area contributed by atoms with E-state index in [1.807, 2.05) is 6.26 Å². The molecule has 0 spiro atoms. The molecule has 1 amide bonds. The lowest BCUT2D eigenvalue weighted by Gasteiger charge is -2.09. The summed E-state index contributed by atoms with van der Waals surface area (Å²) in [6, 6.07) is 7.01. The molecule has 0 aliphatic heterocycles. The highest BCUT2D eigenvalue weighted by Gasteiger charge is 2.13. The molecule has 148 valence electrons. The van der Waals surface area contributed by atoms with Gasteiger partial charge in [0, 0.05) is 18.7 Å². The van der Waals surface area contributed by atoms with Crippen molar-refractivity contribution in [3.8, 4) is 5.75 Å². The molecule has 0 aliphatic carbocycles. The topological polar surface area (TPSA) is 94.0 Å². The summed E-state index contributed by atoms with van der Waals surface area (Å²) in [5.74, 6) is 1.38.